The van der Waals surface area contributed by atoms with Crippen LogP contribution in [0.4, 0.5) is 0 Å². The summed E-state index contributed by atoms with van der Waals surface area (Å²) in [6.07, 6.45) is 1.89. The normalized spacial score (nSPS) is 17.6. The van der Waals surface area contributed by atoms with Crippen molar-refractivity contribution in [2.24, 2.45) is 7.05 Å². The molecule has 0 unspecified atom stereocenters. The van der Waals surface area contributed by atoms with Gasteiger partial charge >= 0.3 is 0 Å². The summed E-state index contributed by atoms with van der Waals surface area (Å²) in [6, 6.07) is 1.83. The molecule has 0 bridgehead atoms. The predicted molar refractivity (Wildman–Crippen MR) is 88.4 cm³/mol. The Morgan fingerprint density at radius 1 is 1.39 bits per heavy atom. The standard InChI is InChI=1S/C16H21N3O3S/c1-10-13(16(22-4)18(2)17-10)11-6-5-8-19(11)15(20)14-12(21-3)7-9-23-14/h7,9,11H,5-6,8H2,1-4H3/t11-/m1/s1. The molecule has 0 spiro atoms. The second-order valence-electron chi connectivity index (χ2n) is 5.61. The monoisotopic (exact) mass is 335 g/mol. The molecule has 0 aromatic carbocycles. The molecule has 124 valence electrons. The molecule has 0 radical (unpaired) electrons. The fraction of sp³-hybridized carbons (Fsp3) is 0.500. The van der Waals surface area contributed by atoms with Crippen molar-refractivity contribution in [2.75, 3.05) is 20.8 Å². The molecule has 6 nitrogen and oxygen atoms in total. The van der Waals surface area contributed by atoms with Crippen LogP contribution in [-0.2, 0) is 7.05 Å². The Morgan fingerprint density at radius 2 is 2.17 bits per heavy atom. The van der Waals surface area contributed by atoms with Crippen LogP contribution >= 0.6 is 11.3 Å². The van der Waals surface area contributed by atoms with E-state index < -0.39 is 0 Å². The van der Waals surface area contributed by atoms with Crippen molar-refractivity contribution < 1.29 is 14.3 Å². The number of likely N-dealkylation sites (tertiary alicyclic amines) is 1. The van der Waals surface area contributed by atoms with Gasteiger partial charge in [-0.05, 0) is 31.2 Å². The Bertz CT molecular complexity index is 722. The Hall–Kier alpha value is -2.02. The second kappa shape index (κ2) is 6.23. The maximum Gasteiger partial charge on any atom is 0.268 e. The Balaban J connectivity index is 1.97. The third kappa shape index (κ3) is 2.59. The lowest BCUT2D eigenvalue weighted by Crippen LogP contribution is -2.30. The highest BCUT2D eigenvalue weighted by Crippen LogP contribution is 2.40. The first kappa shape index (κ1) is 15.9. The van der Waals surface area contributed by atoms with Crippen LogP contribution in [0.25, 0.3) is 0 Å². The molecule has 2 aromatic rings. The lowest BCUT2D eigenvalue weighted by atomic mass is 10.0. The second-order valence-corrected chi connectivity index (χ2v) is 6.52. The number of aromatic nitrogens is 2. The van der Waals surface area contributed by atoms with E-state index >= 15 is 0 Å². The lowest BCUT2D eigenvalue weighted by molar-refractivity contribution is 0.0735. The smallest absolute Gasteiger partial charge is 0.268 e. The van der Waals surface area contributed by atoms with E-state index in [9.17, 15) is 4.79 Å². The quantitative estimate of drug-likeness (QED) is 0.862. The van der Waals surface area contributed by atoms with Gasteiger partial charge in [0.05, 0.1) is 31.5 Å². The Labute approximate surface area is 139 Å². The van der Waals surface area contributed by atoms with Gasteiger partial charge in [-0.15, -0.1) is 11.3 Å². The summed E-state index contributed by atoms with van der Waals surface area (Å²) in [5, 5.41) is 6.33. The highest BCUT2D eigenvalue weighted by Gasteiger charge is 2.36. The molecule has 7 heteroatoms. The molecule has 0 N–H and O–H groups in total. The zero-order chi connectivity index (χ0) is 16.6. The van der Waals surface area contributed by atoms with Crippen LogP contribution in [0.1, 0.15) is 39.8 Å². The summed E-state index contributed by atoms with van der Waals surface area (Å²) < 4.78 is 12.5. The fourth-order valence-corrected chi connectivity index (χ4v) is 4.15. The number of carbonyl (C=O) groups is 1. The van der Waals surface area contributed by atoms with E-state index in [0.29, 0.717) is 10.6 Å². The van der Waals surface area contributed by atoms with Crippen molar-refractivity contribution in [2.45, 2.75) is 25.8 Å². The number of aryl methyl sites for hydroxylation is 2. The summed E-state index contributed by atoms with van der Waals surface area (Å²) in [5.41, 5.74) is 1.92. The third-order valence-electron chi connectivity index (χ3n) is 4.30. The fourth-order valence-electron chi connectivity index (χ4n) is 3.33. The minimum Gasteiger partial charge on any atom is -0.495 e. The number of carbonyl (C=O) groups excluding carboxylic acids is 1. The van der Waals surface area contributed by atoms with E-state index in [1.165, 1.54) is 11.3 Å². The molecule has 1 fully saturated rings. The van der Waals surface area contributed by atoms with Crippen molar-refractivity contribution >= 4 is 17.2 Å². The SMILES string of the molecule is COc1ccsc1C(=O)N1CCC[C@@H]1c1c(C)nn(C)c1OC. The van der Waals surface area contributed by atoms with E-state index in [1.807, 2.05) is 30.3 Å². The van der Waals surface area contributed by atoms with Crippen molar-refractivity contribution in [3.8, 4) is 11.6 Å². The number of thiophene rings is 1. The van der Waals surface area contributed by atoms with Crippen LogP contribution in [0.2, 0.25) is 0 Å². The molecule has 2 aromatic heterocycles. The van der Waals surface area contributed by atoms with Gasteiger partial charge in [-0.3, -0.25) is 4.79 Å². The number of nitrogens with zero attached hydrogens (tertiary/aromatic N) is 3. The van der Waals surface area contributed by atoms with Crippen LogP contribution < -0.4 is 9.47 Å². The highest BCUT2D eigenvalue weighted by molar-refractivity contribution is 7.12. The minimum atomic E-state index is -0.00189. The average molecular weight is 335 g/mol. The van der Waals surface area contributed by atoms with E-state index in [1.54, 1.807) is 18.9 Å². The van der Waals surface area contributed by atoms with Gasteiger partial charge in [0.15, 0.2) is 0 Å². The van der Waals surface area contributed by atoms with E-state index in [-0.39, 0.29) is 11.9 Å². The van der Waals surface area contributed by atoms with Gasteiger partial charge in [0.2, 0.25) is 5.88 Å². The van der Waals surface area contributed by atoms with Gasteiger partial charge in [0, 0.05) is 13.6 Å². The summed E-state index contributed by atoms with van der Waals surface area (Å²) in [4.78, 5) is 15.5. The van der Waals surface area contributed by atoms with Crippen LogP contribution in [0.3, 0.4) is 0 Å². The Kier molecular flexibility index (Phi) is 4.30. The van der Waals surface area contributed by atoms with Crippen LogP contribution in [-0.4, -0.2) is 41.4 Å². The maximum absolute atomic E-state index is 13.0. The largest absolute Gasteiger partial charge is 0.495 e. The van der Waals surface area contributed by atoms with Crippen LogP contribution in [0.15, 0.2) is 11.4 Å². The molecule has 0 saturated carbocycles. The molecule has 3 heterocycles. The molecule has 1 aliphatic rings. The minimum absolute atomic E-state index is 0.00189. The van der Waals surface area contributed by atoms with Gasteiger partial charge in [-0.2, -0.15) is 5.10 Å². The van der Waals surface area contributed by atoms with Crippen molar-refractivity contribution in [3.63, 3.8) is 0 Å². The van der Waals surface area contributed by atoms with Gasteiger partial charge in [0.25, 0.3) is 5.91 Å². The molecule has 23 heavy (non-hydrogen) atoms. The van der Waals surface area contributed by atoms with Gasteiger partial charge < -0.3 is 14.4 Å². The first-order valence-corrected chi connectivity index (χ1v) is 8.46. The van der Waals surface area contributed by atoms with Crippen molar-refractivity contribution in [3.05, 3.63) is 27.6 Å². The summed E-state index contributed by atoms with van der Waals surface area (Å²) >= 11 is 1.42. The van der Waals surface area contributed by atoms with Crippen LogP contribution in [0.5, 0.6) is 11.6 Å². The van der Waals surface area contributed by atoms with E-state index in [2.05, 4.69) is 5.10 Å². The molecule has 1 amide bonds. The first-order chi connectivity index (χ1) is 11.1. The summed E-state index contributed by atoms with van der Waals surface area (Å²) in [6.45, 7) is 2.70. The predicted octanol–water partition coefficient (Wildman–Crippen LogP) is 2.78. The van der Waals surface area contributed by atoms with Crippen LogP contribution in [0, 0.1) is 6.92 Å². The number of hydrogen-bond acceptors (Lipinski definition) is 5. The average Bonchev–Trinajstić information content (AvgIpc) is 3.23. The van der Waals surface area contributed by atoms with Crippen molar-refractivity contribution in [1.82, 2.24) is 14.7 Å². The molecule has 3 rings (SSSR count). The molecule has 0 aliphatic carbocycles. The number of ether oxygens (including phenoxy) is 2. The van der Waals surface area contributed by atoms with Gasteiger partial charge in [0.1, 0.15) is 10.6 Å². The Morgan fingerprint density at radius 3 is 2.87 bits per heavy atom. The summed E-state index contributed by atoms with van der Waals surface area (Å²) in [7, 11) is 5.09. The number of amides is 1. The van der Waals surface area contributed by atoms with Gasteiger partial charge in [-0.25, -0.2) is 4.68 Å². The molecule has 1 aliphatic heterocycles. The number of methoxy groups -OCH3 is 2. The zero-order valence-electron chi connectivity index (χ0n) is 13.8. The first-order valence-electron chi connectivity index (χ1n) is 7.58. The lowest BCUT2D eigenvalue weighted by Gasteiger charge is -2.25. The maximum atomic E-state index is 13.0. The molecular formula is C16H21N3O3S. The highest BCUT2D eigenvalue weighted by atomic mass is 32.1. The van der Waals surface area contributed by atoms with Gasteiger partial charge in [-0.1, -0.05) is 0 Å². The molecule has 1 saturated heterocycles. The summed E-state index contributed by atoms with van der Waals surface area (Å²) in [5.74, 6) is 1.38. The van der Waals surface area contributed by atoms with E-state index in [0.717, 1.165) is 36.5 Å². The zero-order valence-corrected chi connectivity index (χ0v) is 14.6. The topological polar surface area (TPSA) is 56.6 Å². The molecular weight excluding hydrogens is 314 g/mol. The molecule has 1 atom stereocenters. The van der Waals surface area contributed by atoms with E-state index in [4.69, 9.17) is 9.47 Å². The number of rotatable bonds is 4. The number of hydrogen-bond donors (Lipinski definition) is 0. The van der Waals surface area contributed by atoms with Crippen molar-refractivity contribution in [1.29, 1.82) is 0 Å². The third-order valence-corrected chi connectivity index (χ3v) is 5.18.